The summed E-state index contributed by atoms with van der Waals surface area (Å²) in [4.78, 5) is 43.0. The lowest BCUT2D eigenvalue weighted by Gasteiger charge is -2.55. The van der Waals surface area contributed by atoms with E-state index in [1.165, 1.54) is 59.8 Å². The van der Waals surface area contributed by atoms with Gasteiger partial charge in [0, 0.05) is 43.6 Å². The van der Waals surface area contributed by atoms with Gasteiger partial charge < -0.3 is 15.2 Å². The summed E-state index contributed by atoms with van der Waals surface area (Å²) in [6.07, 6.45) is 2.86. The van der Waals surface area contributed by atoms with Crippen LogP contribution in [0.25, 0.3) is 0 Å². The van der Waals surface area contributed by atoms with E-state index < -0.39 is 28.9 Å². The molecule has 2 aromatic rings. The number of hydrogen-bond donors (Lipinski definition) is 2. The van der Waals surface area contributed by atoms with Crippen molar-refractivity contribution in [2.45, 2.75) is 16.3 Å². The molecule has 2 aliphatic rings. The third-order valence-corrected chi connectivity index (χ3v) is 8.18. The summed E-state index contributed by atoms with van der Waals surface area (Å²) >= 11 is 2.46. The third kappa shape index (κ3) is 4.02. The Bertz CT molecular complexity index is 1250. The van der Waals surface area contributed by atoms with Crippen molar-refractivity contribution in [2.24, 2.45) is 7.05 Å². The van der Waals surface area contributed by atoms with Crippen LogP contribution in [0.15, 0.2) is 41.0 Å². The van der Waals surface area contributed by atoms with Crippen LogP contribution in [0.1, 0.15) is 5.56 Å². The molecule has 0 spiro atoms. The highest BCUT2D eigenvalue weighted by Gasteiger charge is 2.66. The number of aryl methyl sites for hydroxylation is 1. The number of tetrazole rings is 1. The molecule has 1 saturated heterocycles. The minimum atomic E-state index is -1.82. The van der Waals surface area contributed by atoms with Crippen LogP contribution >= 0.6 is 23.5 Å². The summed E-state index contributed by atoms with van der Waals surface area (Å²) in [6.45, 7) is 0. The van der Waals surface area contributed by atoms with Crippen LogP contribution in [0.2, 0.25) is 0 Å². The van der Waals surface area contributed by atoms with Crippen LogP contribution in [-0.4, -0.2) is 91.8 Å². The molecule has 2 aliphatic heterocycles. The van der Waals surface area contributed by atoms with E-state index in [-0.39, 0.29) is 33.3 Å². The van der Waals surface area contributed by atoms with E-state index in [0.29, 0.717) is 16.3 Å². The van der Waals surface area contributed by atoms with E-state index >= 15 is 0 Å². The van der Waals surface area contributed by atoms with Crippen molar-refractivity contribution in [1.29, 1.82) is 0 Å². The van der Waals surface area contributed by atoms with Gasteiger partial charge in [-0.2, -0.15) is 0 Å². The number of rotatable bonds is 8. The molecule has 178 valence electrons. The molecule has 0 radical (unpaired) electrons. The second-order valence-corrected chi connectivity index (χ2v) is 9.60. The number of nitrogens with one attached hydrogen (secondary N) is 1. The van der Waals surface area contributed by atoms with Crippen molar-refractivity contribution < 1.29 is 28.4 Å². The van der Waals surface area contributed by atoms with Crippen LogP contribution in [0.3, 0.4) is 0 Å². The SMILES string of the molecule is CO[C@@]1(NC(=O)C(=S=O)c2ccncc2)C(=O)N2C(C(=O)O)=C(CSc3nnnn3C)CS[C@@H]21. The van der Waals surface area contributed by atoms with E-state index in [9.17, 15) is 23.7 Å². The van der Waals surface area contributed by atoms with Crippen molar-refractivity contribution in [1.82, 2.24) is 35.4 Å². The van der Waals surface area contributed by atoms with E-state index in [2.05, 4.69) is 25.8 Å². The number of hydrogen-bond acceptors (Lipinski definition) is 11. The van der Waals surface area contributed by atoms with Crippen molar-refractivity contribution in [3.8, 4) is 0 Å². The number of β-lactam (4-membered cyclic amide) rings is 1. The summed E-state index contributed by atoms with van der Waals surface area (Å²) in [5, 5.41) is 23.2. The number of methoxy groups -OCH3 is 1. The highest BCUT2D eigenvalue weighted by Crippen LogP contribution is 2.47. The molecule has 34 heavy (non-hydrogen) atoms. The number of amides is 2. The Kier molecular flexibility index (Phi) is 6.83. The number of aliphatic carboxylic acids is 1. The van der Waals surface area contributed by atoms with Gasteiger partial charge in [0.05, 0.1) is 0 Å². The number of pyridine rings is 1. The standard InChI is InChI=1S/C18H17N7O6S3/c1-24-17(21-22-23-24)33-8-10-7-32-16-18(31-2,15(29)25(16)11(10)14(27)28)20-13(26)12(34-30)9-3-5-19-6-4-9/h3-6,16H,7-8H2,1-2H3,(H,20,26)(H,27,28)/t16-,18+/m1/s1. The Balaban J connectivity index is 1.58. The fourth-order valence-corrected chi connectivity index (χ4v) is 6.28. The van der Waals surface area contributed by atoms with Crippen molar-refractivity contribution in [3.63, 3.8) is 0 Å². The lowest BCUT2D eigenvalue weighted by atomic mass is 9.98. The molecule has 0 aromatic carbocycles. The Hall–Kier alpha value is -3.08. The maximum Gasteiger partial charge on any atom is 0.352 e. The number of carboxylic acids is 1. The quantitative estimate of drug-likeness (QED) is 0.140. The van der Waals surface area contributed by atoms with Crippen LogP contribution < -0.4 is 5.32 Å². The predicted molar refractivity (Wildman–Crippen MR) is 122 cm³/mol. The molecular formula is C18H17N7O6S3. The number of carbonyl (C=O) groups is 3. The summed E-state index contributed by atoms with van der Waals surface area (Å²) < 4.78 is 18.5. The summed E-state index contributed by atoms with van der Waals surface area (Å²) in [7, 11) is 2.90. The lowest BCUT2D eigenvalue weighted by Crippen LogP contribution is -2.81. The molecule has 0 unspecified atom stereocenters. The first-order valence-electron chi connectivity index (χ1n) is 9.54. The van der Waals surface area contributed by atoms with Gasteiger partial charge in [-0.3, -0.25) is 19.5 Å². The zero-order valence-corrected chi connectivity index (χ0v) is 20.1. The van der Waals surface area contributed by atoms with Gasteiger partial charge >= 0.3 is 5.97 Å². The topological polar surface area (TPSA) is 170 Å². The molecular weight excluding hydrogens is 506 g/mol. The molecule has 4 rings (SSSR count). The second-order valence-electron chi connectivity index (χ2n) is 7.01. The smallest absolute Gasteiger partial charge is 0.352 e. The Morgan fingerprint density at radius 2 is 2.12 bits per heavy atom. The first-order chi connectivity index (χ1) is 16.3. The Morgan fingerprint density at radius 1 is 1.38 bits per heavy atom. The summed E-state index contributed by atoms with van der Waals surface area (Å²) in [5.74, 6) is -2.31. The van der Waals surface area contributed by atoms with Gasteiger partial charge in [-0.1, -0.05) is 11.8 Å². The molecule has 13 nitrogen and oxygen atoms in total. The minimum Gasteiger partial charge on any atom is -0.477 e. The van der Waals surface area contributed by atoms with Gasteiger partial charge in [0.25, 0.3) is 17.5 Å². The molecule has 4 heterocycles. The third-order valence-electron chi connectivity index (χ3n) is 5.12. The van der Waals surface area contributed by atoms with Crippen molar-refractivity contribution in [3.05, 3.63) is 41.4 Å². The number of carboxylic acid groups (broad SMARTS) is 1. The molecule has 2 atom stereocenters. The fraction of sp³-hybridized carbons (Fsp3) is 0.333. The number of ether oxygens (including phenoxy) is 1. The minimum absolute atomic E-state index is 0.0250. The van der Waals surface area contributed by atoms with Crippen molar-refractivity contribution >= 4 is 57.4 Å². The fourth-order valence-electron chi connectivity index (χ4n) is 3.50. The van der Waals surface area contributed by atoms with Gasteiger partial charge in [0.2, 0.25) is 5.16 Å². The second kappa shape index (κ2) is 9.65. The average Bonchev–Trinajstić information content (AvgIpc) is 3.25. The predicted octanol–water partition coefficient (Wildman–Crippen LogP) is -1.16. The highest BCUT2D eigenvalue weighted by atomic mass is 32.2. The maximum atomic E-state index is 13.2. The van der Waals surface area contributed by atoms with Crippen LogP contribution in [0, 0.1) is 0 Å². The molecule has 0 saturated carbocycles. The zero-order valence-electron chi connectivity index (χ0n) is 17.7. The molecule has 0 bridgehead atoms. The molecule has 0 aliphatic carbocycles. The van der Waals surface area contributed by atoms with E-state index in [1.54, 1.807) is 7.05 Å². The van der Waals surface area contributed by atoms with Crippen LogP contribution in [0.5, 0.6) is 0 Å². The summed E-state index contributed by atoms with van der Waals surface area (Å²) in [6, 6.07) is 2.98. The zero-order chi connectivity index (χ0) is 24.5. The number of carbonyl (C=O) groups excluding carboxylic acids is 2. The van der Waals surface area contributed by atoms with Crippen LogP contribution in [-0.2, 0) is 37.4 Å². The van der Waals surface area contributed by atoms with Crippen LogP contribution in [0.4, 0.5) is 0 Å². The number of thioether (sulfide) groups is 2. The molecule has 16 heteroatoms. The number of nitrogens with zero attached hydrogens (tertiary/aromatic N) is 6. The Labute approximate surface area is 204 Å². The first kappa shape index (κ1) is 24.1. The highest BCUT2D eigenvalue weighted by molar-refractivity contribution is 8.01. The Morgan fingerprint density at radius 3 is 2.71 bits per heavy atom. The van der Waals surface area contributed by atoms with Crippen molar-refractivity contribution in [2.75, 3.05) is 18.6 Å². The maximum absolute atomic E-state index is 13.2. The van der Waals surface area contributed by atoms with Gasteiger partial charge in [0.15, 0.2) is 0 Å². The largest absolute Gasteiger partial charge is 0.477 e. The number of aromatic nitrogens is 5. The lowest BCUT2D eigenvalue weighted by molar-refractivity contribution is -0.191. The van der Waals surface area contributed by atoms with E-state index in [1.807, 2.05) is 0 Å². The molecule has 1 fully saturated rings. The molecule has 2 N–H and O–H groups in total. The normalized spacial score (nSPS) is 21.5. The molecule has 2 amide bonds. The number of fused-ring (bicyclic) bond motifs is 1. The van der Waals surface area contributed by atoms with Gasteiger partial charge in [-0.15, -0.1) is 16.9 Å². The monoisotopic (exact) mass is 523 g/mol. The van der Waals surface area contributed by atoms with E-state index in [4.69, 9.17) is 4.74 Å². The van der Waals surface area contributed by atoms with Gasteiger partial charge in [0.1, 0.15) is 27.2 Å². The summed E-state index contributed by atoms with van der Waals surface area (Å²) in [5.41, 5.74) is -1.15. The van der Waals surface area contributed by atoms with Gasteiger partial charge in [-0.25, -0.2) is 13.7 Å². The van der Waals surface area contributed by atoms with E-state index in [0.717, 1.165) is 4.90 Å². The average molecular weight is 524 g/mol. The first-order valence-corrected chi connectivity index (χ1v) is 12.3. The molecule has 2 aromatic heterocycles. The van der Waals surface area contributed by atoms with Gasteiger partial charge in [-0.05, 0) is 28.1 Å².